The molecule has 98 valence electrons. The zero-order valence-corrected chi connectivity index (χ0v) is 11.5. The van der Waals surface area contributed by atoms with Crippen molar-refractivity contribution in [2.24, 2.45) is 0 Å². The maximum absolute atomic E-state index is 11.6. The Labute approximate surface area is 117 Å². The molecule has 2 rings (SSSR count). The number of rotatable bonds is 4. The molecule has 0 fully saturated rings. The number of hydrogen-bond donors (Lipinski definition) is 0. The highest BCUT2D eigenvalue weighted by molar-refractivity contribution is 9.10. The van der Waals surface area contributed by atoms with E-state index in [9.17, 15) is 14.9 Å². The van der Waals surface area contributed by atoms with Gasteiger partial charge in [-0.1, -0.05) is 18.2 Å². The van der Waals surface area contributed by atoms with Gasteiger partial charge in [0.25, 0.3) is 11.2 Å². The monoisotopic (exact) mass is 322 g/mol. The molecule has 6 heteroatoms. The second-order valence-corrected chi connectivity index (χ2v) is 4.93. The average molecular weight is 323 g/mol. The van der Waals surface area contributed by atoms with E-state index < -0.39 is 4.92 Å². The number of pyridine rings is 1. The highest BCUT2D eigenvalue weighted by Gasteiger charge is 2.12. The number of nitro benzene ring substituents is 1. The molecule has 19 heavy (non-hydrogen) atoms. The molecule has 0 amide bonds. The van der Waals surface area contributed by atoms with E-state index in [1.807, 2.05) is 0 Å². The lowest BCUT2D eigenvalue weighted by atomic mass is 10.1. The van der Waals surface area contributed by atoms with Gasteiger partial charge in [0.1, 0.15) is 0 Å². The molecule has 0 atom stereocenters. The molecule has 0 bridgehead atoms. The van der Waals surface area contributed by atoms with Crippen molar-refractivity contribution < 1.29 is 4.92 Å². The highest BCUT2D eigenvalue weighted by Crippen LogP contribution is 2.18. The SMILES string of the molecule is O=c1ccc(Br)cn1CCc1ccccc1[N+](=O)[O-]. The third-order valence-electron chi connectivity index (χ3n) is 2.76. The van der Waals surface area contributed by atoms with Gasteiger partial charge in [0.05, 0.1) is 4.92 Å². The number of nitro groups is 1. The van der Waals surface area contributed by atoms with Gasteiger partial charge in [-0.25, -0.2) is 0 Å². The van der Waals surface area contributed by atoms with Gasteiger partial charge >= 0.3 is 0 Å². The molecule has 1 aromatic heterocycles. The van der Waals surface area contributed by atoms with Crippen LogP contribution in [0.2, 0.25) is 0 Å². The van der Waals surface area contributed by atoms with Crippen LogP contribution in [0.5, 0.6) is 0 Å². The molecule has 0 aliphatic carbocycles. The van der Waals surface area contributed by atoms with Crippen molar-refractivity contribution in [1.29, 1.82) is 0 Å². The van der Waals surface area contributed by atoms with Crippen LogP contribution in [-0.4, -0.2) is 9.49 Å². The average Bonchev–Trinajstić information content (AvgIpc) is 2.40. The molecular formula is C13H11BrN2O3. The third kappa shape index (κ3) is 3.29. The van der Waals surface area contributed by atoms with Crippen LogP contribution in [0.4, 0.5) is 5.69 Å². The van der Waals surface area contributed by atoms with E-state index in [1.54, 1.807) is 30.5 Å². The summed E-state index contributed by atoms with van der Waals surface area (Å²) in [6, 6.07) is 9.70. The van der Waals surface area contributed by atoms with Gasteiger partial charge in [0, 0.05) is 34.9 Å². The van der Waals surface area contributed by atoms with Crippen molar-refractivity contribution in [2.45, 2.75) is 13.0 Å². The number of halogens is 1. The number of benzene rings is 1. The number of aromatic nitrogens is 1. The zero-order chi connectivity index (χ0) is 13.8. The standard InChI is InChI=1S/C13H11BrN2O3/c14-11-5-6-13(17)15(9-11)8-7-10-3-1-2-4-12(10)16(18)19/h1-6,9H,7-8H2. The zero-order valence-electron chi connectivity index (χ0n) is 9.95. The Morgan fingerprint density at radius 3 is 2.68 bits per heavy atom. The lowest BCUT2D eigenvalue weighted by Crippen LogP contribution is -2.19. The van der Waals surface area contributed by atoms with Crippen molar-refractivity contribution in [3.8, 4) is 0 Å². The van der Waals surface area contributed by atoms with Crippen LogP contribution < -0.4 is 5.56 Å². The van der Waals surface area contributed by atoms with Crippen molar-refractivity contribution in [2.75, 3.05) is 0 Å². The summed E-state index contributed by atoms with van der Waals surface area (Å²) in [6.45, 7) is 0.406. The molecule has 1 heterocycles. The minimum Gasteiger partial charge on any atom is -0.314 e. The van der Waals surface area contributed by atoms with E-state index in [0.29, 0.717) is 18.5 Å². The van der Waals surface area contributed by atoms with E-state index in [1.165, 1.54) is 16.7 Å². The Morgan fingerprint density at radius 2 is 1.95 bits per heavy atom. The van der Waals surface area contributed by atoms with Crippen LogP contribution in [-0.2, 0) is 13.0 Å². The first-order valence-electron chi connectivity index (χ1n) is 5.66. The molecule has 0 N–H and O–H groups in total. The minimum absolute atomic E-state index is 0.0885. The predicted octanol–water partition coefficient (Wildman–Crippen LogP) is 2.76. The lowest BCUT2D eigenvalue weighted by molar-refractivity contribution is -0.385. The summed E-state index contributed by atoms with van der Waals surface area (Å²) < 4.78 is 2.33. The fourth-order valence-electron chi connectivity index (χ4n) is 1.82. The van der Waals surface area contributed by atoms with Crippen LogP contribution in [0.1, 0.15) is 5.56 Å². The molecule has 0 saturated heterocycles. The first-order chi connectivity index (χ1) is 9.08. The molecule has 0 aliphatic rings. The van der Waals surface area contributed by atoms with Crippen LogP contribution in [0.15, 0.2) is 51.9 Å². The van der Waals surface area contributed by atoms with E-state index in [4.69, 9.17) is 0 Å². The summed E-state index contributed by atoms with van der Waals surface area (Å²) in [5.41, 5.74) is 0.590. The van der Waals surface area contributed by atoms with Gasteiger partial charge < -0.3 is 4.57 Å². The van der Waals surface area contributed by atoms with E-state index in [0.717, 1.165) is 4.47 Å². The fraction of sp³-hybridized carbons (Fsp3) is 0.154. The van der Waals surface area contributed by atoms with Gasteiger partial charge in [0.2, 0.25) is 0 Å². The second-order valence-electron chi connectivity index (χ2n) is 4.01. The molecule has 0 radical (unpaired) electrons. The van der Waals surface area contributed by atoms with E-state index in [2.05, 4.69) is 15.9 Å². The van der Waals surface area contributed by atoms with Gasteiger partial charge in [-0.2, -0.15) is 0 Å². The third-order valence-corrected chi connectivity index (χ3v) is 3.23. The summed E-state index contributed by atoms with van der Waals surface area (Å²) in [6.07, 6.45) is 2.12. The Hall–Kier alpha value is -1.95. The van der Waals surface area contributed by atoms with Gasteiger partial charge in [-0.05, 0) is 28.4 Å². The maximum Gasteiger partial charge on any atom is 0.272 e. The maximum atomic E-state index is 11.6. The van der Waals surface area contributed by atoms with Crippen LogP contribution >= 0.6 is 15.9 Å². The largest absolute Gasteiger partial charge is 0.314 e. The fourth-order valence-corrected chi connectivity index (χ4v) is 2.20. The van der Waals surface area contributed by atoms with E-state index in [-0.39, 0.29) is 11.2 Å². The number of aryl methyl sites for hydroxylation is 2. The lowest BCUT2D eigenvalue weighted by Gasteiger charge is -2.06. The molecule has 0 spiro atoms. The normalized spacial score (nSPS) is 10.4. The number of nitrogens with zero attached hydrogens (tertiary/aromatic N) is 2. The topological polar surface area (TPSA) is 65.1 Å². The summed E-state index contributed by atoms with van der Waals surface area (Å²) in [5.74, 6) is 0. The first kappa shape index (κ1) is 13.5. The number of para-hydroxylation sites is 1. The second kappa shape index (κ2) is 5.79. The number of hydrogen-bond acceptors (Lipinski definition) is 3. The Kier molecular flexibility index (Phi) is 4.11. The molecule has 0 unspecified atom stereocenters. The van der Waals surface area contributed by atoms with Gasteiger partial charge in [-0.15, -0.1) is 0 Å². The summed E-state index contributed by atoms with van der Waals surface area (Å²) in [5, 5.41) is 10.9. The van der Waals surface area contributed by atoms with Crippen LogP contribution in [0.3, 0.4) is 0 Å². The van der Waals surface area contributed by atoms with E-state index >= 15 is 0 Å². The smallest absolute Gasteiger partial charge is 0.272 e. The van der Waals surface area contributed by atoms with Crippen molar-refractivity contribution in [3.05, 3.63) is 73.1 Å². The first-order valence-corrected chi connectivity index (χ1v) is 6.45. The summed E-state index contributed by atoms with van der Waals surface area (Å²) >= 11 is 3.29. The van der Waals surface area contributed by atoms with Gasteiger partial charge in [-0.3, -0.25) is 14.9 Å². The molecular weight excluding hydrogens is 312 g/mol. The van der Waals surface area contributed by atoms with Crippen LogP contribution in [0.25, 0.3) is 0 Å². The Morgan fingerprint density at radius 1 is 1.21 bits per heavy atom. The minimum atomic E-state index is -0.404. The predicted molar refractivity (Wildman–Crippen MR) is 75.2 cm³/mol. The summed E-state index contributed by atoms with van der Waals surface area (Å²) in [7, 11) is 0. The Bertz CT molecular complexity index is 667. The summed E-state index contributed by atoms with van der Waals surface area (Å²) in [4.78, 5) is 22.1. The highest BCUT2D eigenvalue weighted by atomic mass is 79.9. The van der Waals surface area contributed by atoms with Crippen molar-refractivity contribution in [1.82, 2.24) is 4.57 Å². The quantitative estimate of drug-likeness (QED) is 0.642. The Balaban J connectivity index is 2.21. The molecule has 0 saturated carbocycles. The van der Waals surface area contributed by atoms with Gasteiger partial charge in [0.15, 0.2) is 0 Å². The molecule has 2 aromatic rings. The molecule has 0 aliphatic heterocycles. The van der Waals surface area contributed by atoms with Crippen LogP contribution in [0, 0.1) is 10.1 Å². The van der Waals surface area contributed by atoms with Crippen molar-refractivity contribution >= 4 is 21.6 Å². The van der Waals surface area contributed by atoms with Crippen molar-refractivity contribution in [3.63, 3.8) is 0 Å². The molecule has 1 aromatic carbocycles. The molecule has 5 nitrogen and oxygen atoms in total.